The largest absolute Gasteiger partial charge is 0.461 e. The first-order valence-electron chi connectivity index (χ1n) is 9.65. The summed E-state index contributed by atoms with van der Waals surface area (Å²) in [6.45, 7) is 8.04. The summed E-state index contributed by atoms with van der Waals surface area (Å²) in [5, 5.41) is 9.47. The highest BCUT2D eigenvalue weighted by Gasteiger charge is 2.45. The first-order valence-corrected chi connectivity index (χ1v) is 10.6. The summed E-state index contributed by atoms with van der Waals surface area (Å²) in [4.78, 5) is 12.4. The maximum Gasteiger partial charge on any atom is 0.338 e. The molecule has 0 bridgehead atoms. The Bertz CT molecular complexity index is 845. The van der Waals surface area contributed by atoms with Gasteiger partial charge in [-0.05, 0) is 45.4 Å². The number of hydrogen-bond acceptors (Lipinski definition) is 5. The molecule has 0 saturated carbocycles. The molecule has 2 aromatic rings. The number of thioether (sulfide) groups is 1. The lowest BCUT2D eigenvalue weighted by Gasteiger charge is -2.21. The minimum absolute atomic E-state index is 0.0223. The Morgan fingerprint density at radius 1 is 1.00 bits per heavy atom. The molecule has 0 amide bonds. The monoisotopic (exact) mass is 418 g/mol. The van der Waals surface area contributed by atoms with E-state index >= 15 is 0 Å². The molecule has 2 aromatic carbocycles. The van der Waals surface area contributed by atoms with Gasteiger partial charge >= 0.3 is 5.97 Å². The molecule has 4 atom stereocenters. The van der Waals surface area contributed by atoms with Crippen LogP contribution in [0, 0.1) is 27.7 Å². The van der Waals surface area contributed by atoms with Gasteiger partial charge in [0.1, 0.15) is 18.1 Å². The maximum atomic E-state index is 14.5. The summed E-state index contributed by atoms with van der Waals surface area (Å²) in [7, 11) is 0. The number of alkyl halides is 1. The van der Waals surface area contributed by atoms with Crippen LogP contribution >= 0.6 is 11.8 Å². The van der Waals surface area contributed by atoms with Crippen LogP contribution in [0.4, 0.5) is 4.39 Å². The van der Waals surface area contributed by atoms with E-state index in [1.165, 1.54) is 0 Å². The fourth-order valence-corrected chi connectivity index (χ4v) is 4.90. The van der Waals surface area contributed by atoms with Crippen molar-refractivity contribution in [3.8, 4) is 0 Å². The molecule has 1 unspecified atom stereocenters. The number of rotatable bonds is 6. The minimum atomic E-state index is -1.53. The van der Waals surface area contributed by atoms with Gasteiger partial charge in [-0.25, -0.2) is 9.18 Å². The van der Waals surface area contributed by atoms with Crippen LogP contribution in [0.2, 0.25) is 0 Å². The van der Waals surface area contributed by atoms with Gasteiger partial charge in [-0.2, -0.15) is 0 Å². The van der Waals surface area contributed by atoms with E-state index in [-0.39, 0.29) is 13.2 Å². The number of carbonyl (C=O) groups is 1. The summed E-state index contributed by atoms with van der Waals surface area (Å²) in [5.74, 6) is -0.456. The molecule has 1 fully saturated rings. The van der Waals surface area contributed by atoms with Gasteiger partial charge in [0.2, 0.25) is 0 Å². The van der Waals surface area contributed by atoms with Crippen LogP contribution in [0.1, 0.15) is 38.2 Å². The third kappa shape index (κ3) is 5.59. The van der Waals surface area contributed by atoms with Crippen LogP contribution in [0.3, 0.4) is 0 Å². The molecular weight excluding hydrogens is 391 g/mol. The maximum absolute atomic E-state index is 14.5. The third-order valence-corrected chi connectivity index (χ3v) is 6.12. The second-order valence-corrected chi connectivity index (χ2v) is 9.12. The van der Waals surface area contributed by atoms with Crippen molar-refractivity contribution in [2.75, 3.05) is 6.61 Å². The van der Waals surface area contributed by atoms with Gasteiger partial charge in [0.15, 0.2) is 6.17 Å². The fraction of sp³-hybridized carbons (Fsp3) is 0.435. The van der Waals surface area contributed by atoms with Crippen LogP contribution in [-0.2, 0) is 16.1 Å². The normalized spacial score (nSPS) is 23.9. The van der Waals surface area contributed by atoms with Crippen molar-refractivity contribution in [1.29, 1.82) is 0 Å². The number of aliphatic hydroxyl groups is 1. The predicted octanol–water partition coefficient (Wildman–Crippen LogP) is 4.43. The number of halogens is 1. The molecule has 156 valence electrons. The molecule has 1 N–H and O–H groups in total. The molecule has 1 aliphatic heterocycles. The zero-order chi connectivity index (χ0) is 21.1. The second kappa shape index (κ2) is 9.28. The van der Waals surface area contributed by atoms with Crippen molar-refractivity contribution >= 4 is 17.7 Å². The highest BCUT2D eigenvalue weighted by atomic mass is 32.2. The fourth-order valence-electron chi connectivity index (χ4n) is 3.71. The molecule has 0 radical (unpaired) electrons. The summed E-state index contributed by atoms with van der Waals surface area (Å²) in [6.07, 6.45) is -2.38. The Kier molecular flexibility index (Phi) is 6.98. The van der Waals surface area contributed by atoms with E-state index in [0.29, 0.717) is 5.56 Å². The summed E-state index contributed by atoms with van der Waals surface area (Å²) in [5.41, 5.74) is 4.40. The average molecular weight is 419 g/mol. The van der Waals surface area contributed by atoms with Gasteiger partial charge < -0.3 is 14.6 Å². The first-order chi connectivity index (χ1) is 13.7. The van der Waals surface area contributed by atoms with Crippen molar-refractivity contribution in [3.63, 3.8) is 0 Å². The van der Waals surface area contributed by atoms with Crippen molar-refractivity contribution in [3.05, 3.63) is 69.8 Å². The minimum Gasteiger partial charge on any atom is -0.461 e. The second-order valence-electron chi connectivity index (χ2n) is 7.76. The van der Waals surface area contributed by atoms with Crippen molar-refractivity contribution in [2.45, 2.75) is 57.3 Å². The van der Waals surface area contributed by atoms with Gasteiger partial charge in [-0.1, -0.05) is 46.5 Å². The zero-order valence-corrected chi connectivity index (χ0v) is 18.0. The summed E-state index contributed by atoms with van der Waals surface area (Å²) >= 11 is 1.04. The van der Waals surface area contributed by atoms with Crippen LogP contribution in [0.25, 0.3) is 0 Å². The molecule has 0 aromatic heterocycles. The molecule has 29 heavy (non-hydrogen) atoms. The molecule has 3 rings (SSSR count). The van der Waals surface area contributed by atoms with Gasteiger partial charge in [-0.3, -0.25) is 0 Å². The van der Waals surface area contributed by atoms with E-state index in [9.17, 15) is 14.3 Å². The topological polar surface area (TPSA) is 55.8 Å². The molecule has 0 spiro atoms. The Hall–Kier alpha value is -1.89. The van der Waals surface area contributed by atoms with Gasteiger partial charge in [-0.15, -0.1) is 11.8 Å². The van der Waals surface area contributed by atoms with Crippen LogP contribution in [0.15, 0.2) is 36.4 Å². The van der Waals surface area contributed by atoms with E-state index in [0.717, 1.165) is 39.6 Å². The predicted molar refractivity (Wildman–Crippen MR) is 113 cm³/mol. The highest BCUT2D eigenvalue weighted by Crippen LogP contribution is 2.37. The summed E-state index contributed by atoms with van der Waals surface area (Å²) < 4.78 is 25.8. The molecule has 1 heterocycles. The lowest BCUT2D eigenvalue weighted by molar-refractivity contribution is -0.0347. The zero-order valence-electron chi connectivity index (χ0n) is 17.1. The first kappa shape index (κ1) is 21.8. The number of aryl methyl sites for hydroxylation is 4. The number of benzene rings is 2. The molecule has 0 aliphatic carbocycles. The third-order valence-electron chi connectivity index (χ3n) is 4.83. The number of esters is 1. The van der Waals surface area contributed by atoms with E-state index in [2.05, 4.69) is 6.07 Å². The number of hydrogen-bond donors (Lipinski definition) is 1. The van der Waals surface area contributed by atoms with Crippen molar-refractivity contribution in [1.82, 2.24) is 0 Å². The Morgan fingerprint density at radius 3 is 2.14 bits per heavy atom. The van der Waals surface area contributed by atoms with E-state index in [1.807, 2.05) is 45.9 Å². The Labute approximate surface area is 175 Å². The molecular formula is C23H27FO4S. The summed E-state index contributed by atoms with van der Waals surface area (Å²) in [6, 6.07) is 11.5. The number of ether oxygens (including phenoxy) is 2. The smallest absolute Gasteiger partial charge is 0.338 e. The quantitative estimate of drug-likeness (QED) is 0.703. The number of carbonyl (C=O) groups excluding carboxylic acids is 1. The lowest BCUT2D eigenvalue weighted by Crippen LogP contribution is -2.34. The van der Waals surface area contributed by atoms with Crippen LogP contribution in [-0.4, -0.2) is 40.6 Å². The SMILES string of the molecule is Cc1cc(C)cc(CO[C@H]2[C@H](F)C(O)S[C@@H]2COC(=O)c2cc(C)cc(C)c2)c1. The Morgan fingerprint density at radius 2 is 1.55 bits per heavy atom. The molecule has 6 heteroatoms. The molecule has 1 saturated heterocycles. The van der Waals surface area contributed by atoms with Crippen molar-refractivity contribution < 1.29 is 23.8 Å². The van der Waals surface area contributed by atoms with E-state index in [1.54, 1.807) is 12.1 Å². The molecule has 4 nitrogen and oxygen atoms in total. The van der Waals surface area contributed by atoms with E-state index in [4.69, 9.17) is 9.47 Å². The molecule has 1 aliphatic rings. The lowest BCUT2D eigenvalue weighted by atomic mass is 10.1. The number of aliphatic hydroxyl groups excluding tert-OH is 1. The van der Waals surface area contributed by atoms with Crippen molar-refractivity contribution in [2.24, 2.45) is 0 Å². The Balaban J connectivity index is 1.63. The average Bonchev–Trinajstić information content (AvgIpc) is 2.90. The standard InChI is InChI=1S/C23H27FO4S/c1-13-5-14(2)8-17(7-13)11-27-21-19(29-23(26)20(21)24)12-28-22(25)18-9-15(3)6-16(4)10-18/h5-10,19-21,23,26H,11-12H2,1-4H3/t19-,20+,21-,23?/m1/s1. The van der Waals surface area contributed by atoms with Gasteiger partial charge in [0, 0.05) is 0 Å². The van der Waals surface area contributed by atoms with Gasteiger partial charge in [0.25, 0.3) is 0 Å². The highest BCUT2D eigenvalue weighted by molar-refractivity contribution is 8.00. The van der Waals surface area contributed by atoms with Gasteiger partial charge in [0.05, 0.1) is 17.4 Å². The van der Waals surface area contributed by atoms with E-state index < -0.39 is 28.9 Å². The van der Waals surface area contributed by atoms with Crippen LogP contribution in [0.5, 0.6) is 0 Å². The van der Waals surface area contributed by atoms with Crippen LogP contribution < -0.4 is 0 Å².